The highest BCUT2D eigenvalue weighted by molar-refractivity contribution is 5.80. The van der Waals surface area contributed by atoms with Gasteiger partial charge in [-0.3, -0.25) is 9.78 Å². The Hall–Kier alpha value is -4.26. The fourth-order valence-corrected chi connectivity index (χ4v) is 5.87. The molecule has 1 N–H and O–H groups in total. The number of nitrogens with zero attached hydrogens (tertiary/aromatic N) is 4. The molecule has 7 heteroatoms. The lowest BCUT2D eigenvalue weighted by Gasteiger charge is -2.42. The molecule has 4 aromatic rings. The zero-order chi connectivity index (χ0) is 25.2. The summed E-state index contributed by atoms with van der Waals surface area (Å²) in [7, 11) is 1.63. The van der Waals surface area contributed by atoms with E-state index in [0.717, 1.165) is 60.2 Å². The Morgan fingerprint density at radius 3 is 2.51 bits per heavy atom. The minimum atomic E-state index is -0.195. The summed E-state index contributed by atoms with van der Waals surface area (Å²) >= 11 is 0. The Morgan fingerprint density at radius 1 is 1.00 bits per heavy atom. The summed E-state index contributed by atoms with van der Waals surface area (Å²) < 4.78 is 7.01. The lowest BCUT2D eigenvalue weighted by atomic mass is 9.62. The first-order valence-corrected chi connectivity index (χ1v) is 12.8. The molecule has 2 aliphatic rings. The predicted molar refractivity (Wildman–Crippen MR) is 146 cm³/mol. The molecule has 0 bridgehead atoms. The largest absolute Gasteiger partial charge is 0.497 e. The molecule has 0 unspecified atom stereocenters. The number of hydrazone groups is 1. The molecule has 1 saturated carbocycles. The molecule has 7 nitrogen and oxygen atoms in total. The number of ether oxygens (including phenoxy) is 1. The van der Waals surface area contributed by atoms with E-state index in [9.17, 15) is 4.79 Å². The van der Waals surface area contributed by atoms with Crippen molar-refractivity contribution in [2.45, 2.75) is 43.9 Å². The molecule has 6 rings (SSSR count). The van der Waals surface area contributed by atoms with Crippen LogP contribution in [0.2, 0.25) is 0 Å². The van der Waals surface area contributed by atoms with Gasteiger partial charge < -0.3 is 4.74 Å². The summed E-state index contributed by atoms with van der Waals surface area (Å²) in [5, 5.41) is 4.43. The minimum Gasteiger partial charge on any atom is -0.497 e. The summed E-state index contributed by atoms with van der Waals surface area (Å²) in [6, 6.07) is 19.6. The number of benzene rings is 2. The van der Waals surface area contributed by atoms with Gasteiger partial charge in [-0.15, -0.1) is 0 Å². The minimum absolute atomic E-state index is 0.0341. The zero-order valence-corrected chi connectivity index (χ0v) is 20.9. The van der Waals surface area contributed by atoms with Crippen LogP contribution in [0.1, 0.15) is 48.8 Å². The van der Waals surface area contributed by atoms with E-state index in [-0.39, 0.29) is 11.0 Å². The van der Waals surface area contributed by atoms with Gasteiger partial charge in [0.2, 0.25) is 5.95 Å². The average Bonchev–Trinajstić information content (AvgIpc) is 2.94. The van der Waals surface area contributed by atoms with Crippen LogP contribution >= 0.6 is 0 Å². The Kier molecular flexibility index (Phi) is 6.04. The molecule has 37 heavy (non-hydrogen) atoms. The maximum Gasteiger partial charge on any atom is 0.263 e. The molecule has 1 fully saturated rings. The van der Waals surface area contributed by atoms with Gasteiger partial charge >= 0.3 is 0 Å². The van der Waals surface area contributed by atoms with E-state index < -0.39 is 0 Å². The number of anilines is 1. The lowest BCUT2D eigenvalue weighted by molar-refractivity contribution is 0.284. The number of nitrogens with one attached hydrogen (secondary N) is 1. The molecule has 0 aliphatic heterocycles. The van der Waals surface area contributed by atoms with Crippen LogP contribution in [0.25, 0.3) is 16.9 Å². The molecule has 2 heterocycles. The molecule has 0 amide bonds. The molecule has 1 spiro atoms. The number of hydrogen-bond donors (Lipinski definition) is 1. The van der Waals surface area contributed by atoms with Gasteiger partial charge in [0.25, 0.3) is 5.56 Å². The van der Waals surface area contributed by atoms with Crippen molar-refractivity contribution in [1.82, 2.24) is 14.5 Å². The quantitative estimate of drug-likeness (QED) is 0.294. The molecular formula is C30H29N5O2. The molecule has 0 atom stereocenters. The molecule has 2 aromatic carbocycles. The Morgan fingerprint density at radius 2 is 1.76 bits per heavy atom. The number of pyridine rings is 1. The Balaban J connectivity index is 1.56. The summed E-state index contributed by atoms with van der Waals surface area (Å²) in [6.07, 6.45) is 11.5. The van der Waals surface area contributed by atoms with E-state index in [1.54, 1.807) is 30.3 Å². The zero-order valence-electron chi connectivity index (χ0n) is 20.9. The van der Waals surface area contributed by atoms with Crippen LogP contribution in [0, 0.1) is 0 Å². The second kappa shape index (κ2) is 9.65. The number of fused-ring (bicyclic) bond motifs is 4. The second-order valence-corrected chi connectivity index (χ2v) is 9.82. The number of hydrogen-bond acceptors (Lipinski definition) is 6. The maximum absolute atomic E-state index is 14.5. The lowest BCUT2D eigenvalue weighted by Crippen LogP contribution is -2.42. The highest BCUT2D eigenvalue weighted by Gasteiger charge is 2.43. The van der Waals surface area contributed by atoms with Crippen molar-refractivity contribution in [2.75, 3.05) is 12.5 Å². The number of aromatic nitrogens is 3. The summed E-state index contributed by atoms with van der Waals surface area (Å²) in [4.78, 5) is 23.7. The highest BCUT2D eigenvalue weighted by atomic mass is 16.5. The van der Waals surface area contributed by atoms with Gasteiger partial charge in [-0.05, 0) is 66.8 Å². The van der Waals surface area contributed by atoms with Gasteiger partial charge in [-0.2, -0.15) is 5.10 Å². The van der Waals surface area contributed by atoms with Gasteiger partial charge in [-0.1, -0.05) is 43.5 Å². The third-order valence-electron chi connectivity index (χ3n) is 7.64. The van der Waals surface area contributed by atoms with E-state index in [2.05, 4.69) is 33.7 Å². The van der Waals surface area contributed by atoms with Crippen molar-refractivity contribution in [3.8, 4) is 22.7 Å². The van der Waals surface area contributed by atoms with Crippen LogP contribution in [0.4, 0.5) is 5.95 Å². The van der Waals surface area contributed by atoms with Crippen molar-refractivity contribution in [2.24, 2.45) is 5.10 Å². The van der Waals surface area contributed by atoms with Crippen LogP contribution in [0.5, 0.6) is 5.75 Å². The molecule has 2 aromatic heterocycles. The molecule has 186 valence electrons. The SMILES string of the molecule is COc1ccc(-n2c(N/N=C/c3ccncc3)nc3c(c2=O)C2(CCCCC2)Cc2ccccc2-3)cc1. The standard InChI is InChI=1S/C30H29N5O2/c1-37-24-11-9-23(10-12-24)35-28(36)26-27(33-29(35)34-32-20-21-13-17-31-18-14-21)25-8-4-3-7-22(25)19-30(26)15-5-2-6-16-30/h3-4,7-14,17-18,20H,2,5-6,15-16,19H2,1H3,(H,33,34)/b32-20+. The van der Waals surface area contributed by atoms with E-state index in [4.69, 9.17) is 9.72 Å². The van der Waals surface area contributed by atoms with Gasteiger partial charge in [0.05, 0.1) is 30.3 Å². The van der Waals surface area contributed by atoms with E-state index >= 15 is 0 Å². The highest BCUT2D eigenvalue weighted by Crippen LogP contribution is 2.48. The molecule has 0 saturated heterocycles. The monoisotopic (exact) mass is 491 g/mol. The predicted octanol–water partition coefficient (Wildman–Crippen LogP) is 5.51. The topological polar surface area (TPSA) is 81.4 Å². The Bertz CT molecular complexity index is 1500. The van der Waals surface area contributed by atoms with Crippen LogP contribution in [0.3, 0.4) is 0 Å². The summed E-state index contributed by atoms with van der Waals surface area (Å²) in [5.74, 6) is 1.10. The van der Waals surface area contributed by atoms with Gasteiger partial charge in [0.1, 0.15) is 5.75 Å². The van der Waals surface area contributed by atoms with E-state index in [0.29, 0.717) is 11.6 Å². The first-order chi connectivity index (χ1) is 18.2. The van der Waals surface area contributed by atoms with Crippen LogP contribution in [-0.2, 0) is 11.8 Å². The first kappa shape index (κ1) is 23.2. The second-order valence-electron chi connectivity index (χ2n) is 9.82. The third-order valence-corrected chi connectivity index (χ3v) is 7.64. The van der Waals surface area contributed by atoms with E-state index in [1.165, 1.54) is 12.0 Å². The summed E-state index contributed by atoms with van der Waals surface area (Å²) in [5.41, 5.74) is 8.36. The Labute approximate surface area is 215 Å². The fourth-order valence-electron chi connectivity index (χ4n) is 5.87. The van der Waals surface area contributed by atoms with Crippen molar-refractivity contribution < 1.29 is 4.74 Å². The fraction of sp³-hybridized carbons (Fsp3) is 0.267. The van der Waals surface area contributed by atoms with Crippen molar-refractivity contribution in [1.29, 1.82) is 0 Å². The smallest absolute Gasteiger partial charge is 0.263 e. The van der Waals surface area contributed by atoms with Crippen molar-refractivity contribution >= 4 is 12.2 Å². The molecular weight excluding hydrogens is 462 g/mol. The van der Waals surface area contributed by atoms with Crippen molar-refractivity contribution in [3.63, 3.8) is 0 Å². The molecule has 2 aliphatic carbocycles. The normalized spacial score (nSPS) is 15.8. The van der Waals surface area contributed by atoms with Crippen LogP contribution in [-0.4, -0.2) is 27.9 Å². The van der Waals surface area contributed by atoms with Crippen LogP contribution < -0.4 is 15.7 Å². The number of rotatable bonds is 5. The third kappa shape index (κ3) is 4.20. The van der Waals surface area contributed by atoms with Gasteiger partial charge in [0, 0.05) is 23.4 Å². The summed E-state index contributed by atoms with van der Waals surface area (Å²) in [6.45, 7) is 0. The van der Waals surface area contributed by atoms with Crippen LogP contribution in [0.15, 0.2) is 83.0 Å². The number of methoxy groups -OCH3 is 1. The van der Waals surface area contributed by atoms with Crippen molar-refractivity contribution in [3.05, 3.63) is 100 Å². The first-order valence-electron chi connectivity index (χ1n) is 12.8. The average molecular weight is 492 g/mol. The maximum atomic E-state index is 14.5. The van der Waals surface area contributed by atoms with Gasteiger partial charge in [0.15, 0.2) is 0 Å². The molecule has 0 radical (unpaired) electrons. The van der Waals surface area contributed by atoms with Gasteiger partial charge in [-0.25, -0.2) is 15.0 Å². The van der Waals surface area contributed by atoms with E-state index in [1.807, 2.05) is 42.5 Å².